The standard InChI is InChI=1S/C14H17NO2/c1-14(2,3)9-11-12(15-13(16)17-11)10-7-5-4-6-8-10/h4-9,12H,1-3H3,(H,15,16)/b11-9+. The zero-order valence-corrected chi connectivity index (χ0v) is 10.4. The Morgan fingerprint density at radius 3 is 2.47 bits per heavy atom. The molecule has 3 nitrogen and oxygen atoms in total. The van der Waals surface area contributed by atoms with E-state index in [1.54, 1.807) is 0 Å². The summed E-state index contributed by atoms with van der Waals surface area (Å²) in [6, 6.07) is 9.66. The lowest BCUT2D eigenvalue weighted by molar-refractivity contribution is 0.194. The fourth-order valence-corrected chi connectivity index (χ4v) is 1.82. The summed E-state index contributed by atoms with van der Waals surface area (Å²) in [6.07, 6.45) is 1.61. The molecule has 1 fully saturated rings. The van der Waals surface area contributed by atoms with Crippen molar-refractivity contribution in [2.45, 2.75) is 26.8 Å². The predicted octanol–water partition coefficient (Wildman–Crippen LogP) is 3.40. The molecule has 1 unspecified atom stereocenters. The third-order valence-electron chi connectivity index (χ3n) is 2.47. The molecule has 3 heteroatoms. The van der Waals surface area contributed by atoms with Crippen molar-refractivity contribution in [2.75, 3.05) is 0 Å². The fraction of sp³-hybridized carbons (Fsp3) is 0.357. The van der Waals surface area contributed by atoms with E-state index in [-0.39, 0.29) is 17.6 Å². The summed E-state index contributed by atoms with van der Waals surface area (Å²) in [6.45, 7) is 6.23. The van der Waals surface area contributed by atoms with Crippen LogP contribution in [0.15, 0.2) is 42.2 Å². The normalized spacial score (nSPS) is 22.4. The smallest absolute Gasteiger partial charge is 0.413 e. The number of cyclic esters (lactones) is 1. The number of rotatable bonds is 1. The van der Waals surface area contributed by atoms with Gasteiger partial charge in [-0.3, -0.25) is 0 Å². The summed E-state index contributed by atoms with van der Waals surface area (Å²) in [4.78, 5) is 11.3. The number of benzene rings is 1. The lowest BCUT2D eigenvalue weighted by Gasteiger charge is -2.16. The molecule has 90 valence electrons. The number of carbonyl (C=O) groups is 1. The van der Waals surface area contributed by atoms with E-state index in [4.69, 9.17) is 4.74 Å². The van der Waals surface area contributed by atoms with Crippen molar-refractivity contribution >= 4 is 6.09 Å². The number of alkyl carbamates (subject to hydrolysis) is 1. The molecule has 1 aromatic rings. The van der Waals surface area contributed by atoms with E-state index >= 15 is 0 Å². The first-order valence-corrected chi connectivity index (χ1v) is 5.72. The first-order chi connectivity index (χ1) is 7.96. The van der Waals surface area contributed by atoms with Crippen molar-refractivity contribution in [1.29, 1.82) is 0 Å². The summed E-state index contributed by atoms with van der Waals surface area (Å²) in [5.41, 5.74) is 1.02. The van der Waals surface area contributed by atoms with E-state index in [9.17, 15) is 4.79 Å². The Bertz CT molecular complexity index is 443. The Balaban J connectivity index is 2.33. The maximum Gasteiger partial charge on any atom is 0.413 e. The quantitative estimate of drug-likeness (QED) is 0.804. The predicted molar refractivity (Wildman–Crippen MR) is 66.3 cm³/mol. The van der Waals surface area contributed by atoms with Gasteiger partial charge in [0.25, 0.3) is 0 Å². The Labute approximate surface area is 101 Å². The Kier molecular flexibility index (Phi) is 2.92. The average molecular weight is 231 g/mol. The van der Waals surface area contributed by atoms with Gasteiger partial charge in [-0.25, -0.2) is 4.79 Å². The van der Waals surface area contributed by atoms with Crippen LogP contribution in [0.2, 0.25) is 0 Å². The molecule has 1 heterocycles. The summed E-state index contributed by atoms with van der Waals surface area (Å²) < 4.78 is 5.22. The highest BCUT2D eigenvalue weighted by atomic mass is 16.6. The highest BCUT2D eigenvalue weighted by Crippen LogP contribution is 2.31. The lowest BCUT2D eigenvalue weighted by Crippen LogP contribution is -2.18. The van der Waals surface area contributed by atoms with E-state index < -0.39 is 0 Å². The molecule has 1 saturated heterocycles. The zero-order chi connectivity index (χ0) is 12.5. The second-order valence-electron chi connectivity index (χ2n) is 5.29. The minimum Gasteiger partial charge on any atom is -0.413 e. The molecule has 2 rings (SSSR count). The van der Waals surface area contributed by atoms with Crippen LogP contribution in [0.5, 0.6) is 0 Å². The fourth-order valence-electron chi connectivity index (χ4n) is 1.82. The number of ether oxygens (including phenoxy) is 1. The van der Waals surface area contributed by atoms with Gasteiger partial charge in [0.15, 0.2) is 0 Å². The van der Waals surface area contributed by atoms with Crippen molar-refractivity contribution in [3.8, 4) is 0 Å². The van der Waals surface area contributed by atoms with Crippen LogP contribution in [0.25, 0.3) is 0 Å². The molecule has 0 aromatic heterocycles. The molecule has 0 aliphatic carbocycles. The Hall–Kier alpha value is -1.77. The second-order valence-corrected chi connectivity index (χ2v) is 5.29. The van der Waals surface area contributed by atoms with Crippen molar-refractivity contribution in [2.24, 2.45) is 5.41 Å². The highest BCUT2D eigenvalue weighted by Gasteiger charge is 2.31. The maximum absolute atomic E-state index is 11.3. The summed E-state index contributed by atoms with van der Waals surface area (Å²) in [5, 5.41) is 2.81. The van der Waals surface area contributed by atoms with Crippen LogP contribution < -0.4 is 5.32 Å². The minimum atomic E-state index is -0.380. The number of hydrogen-bond acceptors (Lipinski definition) is 2. The summed E-state index contributed by atoms with van der Waals surface area (Å²) in [7, 11) is 0. The zero-order valence-electron chi connectivity index (χ0n) is 10.4. The highest BCUT2D eigenvalue weighted by molar-refractivity contribution is 5.73. The molecule has 0 spiro atoms. The van der Waals surface area contributed by atoms with Crippen molar-refractivity contribution in [1.82, 2.24) is 5.32 Å². The number of carbonyl (C=O) groups excluding carboxylic acids is 1. The van der Waals surface area contributed by atoms with Gasteiger partial charge in [0.2, 0.25) is 0 Å². The van der Waals surface area contributed by atoms with E-state index in [0.29, 0.717) is 5.76 Å². The number of nitrogens with one attached hydrogen (secondary N) is 1. The minimum absolute atomic E-state index is 0.0192. The van der Waals surface area contributed by atoms with Gasteiger partial charge in [-0.05, 0) is 17.1 Å². The van der Waals surface area contributed by atoms with Gasteiger partial charge >= 0.3 is 6.09 Å². The van der Waals surface area contributed by atoms with Crippen LogP contribution in [0.4, 0.5) is 4.79 Å². The molecule has 1 amide bonds. The van der Waals surface area contributed by atoms with Crippen LogP contribution in [0.1, 0.15) is 32.4 Å². The van der Waals surface area contributed by atoms with Crippen LogP contribution in [-0.2, 0) is 4.74 Å². The van der Waals surface area contributed by atoms with E-state index in [1.807, 2.05) is 36.4 Å². The van der Waals surface area contributed by atoms with Crippen LogP contribution in [0.3, 0.4) is 0 Å². The van der Waals surface area contributed by atoms with Crippen LogP contribution in [0, 0.1) is 5.41 Å². The summed E-state index contributed by atoms with van der Waals surface area (Å²) >= 11 is 0. The second kappa shape index (κ2) is 4.24. The number of hydrogen-bond donors (Lipinski definition) is 1. The van der Waals surface area contributed by atoms with Crippen molar-refractivity contribution < 1.29 is 9.53 Å². The van der Waals surface area contributed by atoms with Gasteiger partial charge in [0, 0.05) is 0 Å². The van der Waals surface area contributed by atoms with E-state index in [0.717, 1.165) is 5.56 Å². The van der Waals surface area contributed by atoms with Gasteiger partial charge in [0.05, 0.1) is 0 Å². The lowest BCUT2D eigenvalue weighted by atomic mass is 9.93. The molecule has 1 aliphatic rings. The molecular weight excluding hydrogens is 214 g/mol. The van der Waals surface area contributed by atoms with Gasteiger partial charge in [-0.2, -0.15) is 0 Å². The average Bonchev–Trinajstić information content (AvgIpc) is 2.58. The molecule has 1 N–H and O–H groups in total. The molecule has 0 bridgehead atoms. The molecule has 1 aromatic carbocycles. The molecule has 1 atom stereocenters. The Morgan fingerprint density at radius 2 is 1.88 bits per heavy atom. The third-order valence-corrected chi connectivity index (χ3v) is 2.47. The third kappa shape index (κ3) is 2.87. The molecule has 0 radical (unpaired) electrons. The van der Waals surface area contributed by atoms with Crippen molar-refractivity contribution in [3.63, 3.8) is 0 Å². The number of amides is 1. The van der Waals surface area contributed by atoms with Crippen LogP contribution >= 0.6 is 0 Å². The summed E-state index contributed by atoms with van der Waals surface area (Å²) in [5.74, 6) is 0.689. The van der Waals surface area contributed by atoms with E-state index in [2.05, 4.69) is 26.1 Å². The maximum atomic E-state index is 11.3. The molecule has 1 aliphatic heterocycles. The number of allylic oxidation sites excluding steroid dienone is 1. The first-order valence-electron chi connectivity index (χ1n) is 5.72. The van der Waals surface area contributed by atoms with Crippen LogP contribution in [-0.4, -0.2) is 6.09 Å². The topological polar surface area (TPSA) is 38.3 Å². The van der Waals surface area contributed by atoms with Gasteiger partial charge in [0.1, 0.15) is 11.8 Å². The van der Waals surface area contributed by atoms with E-state index in [1.165, 1.54) is 0 Å². The van der Waals surface area contributed by atoms with Gasteiger partial charge in [-0.1, -0.05) is 51.1 Å². The Morgan fingerprint density at radius 1 is 1.24 bits per heavy atom. The van der Waals surface area contributed by atoms with Crippen molar-refractivity contribution in [3.05, 3.63) is 47.7 Å². The molecule has 0 saturated carbocycles. The largest absolute Gasteiger partial charge is 0.413 e. The van der Waals surface area contributed by atoms with Gasteiger partial charge < -0.3 is 10.1 Å². The SMILES string of the molecule is CC(C)(C)/C=C1/OC(=O)NC1c1ccccc1. The molecular formula is C14H17NO2. The monoisotopic (exact) mass is 231 g/mol. The van der Waals surface area contributed by atoms with Gasteiger partial charge in [-0.15, -0.1) is 0 Å². The first kappa shape index (κ1) is 11.7. The molecule has 17 heavy (non-hydrogen) atoms.